The van der Waals surface area contributed by atoms with E-state index >= 15 is 0 Å². The van der Waals surface area contributed by atoms with Crippen LogP contribution in [0.15, 0.2) is 48.5 Å². The number of rotatable bonds is 45. The molecule has 0 aromatic heterocycles. The van der Waals surface area contributed by atoms with E-state index in [1.54, 1.807) is 56.0 Å². The van der Waals surface area contributed by atoms with Gasteiger partial charge in [0.2, 0.25) is 47.3 Å². The van der Waals surface area contributed by atoms with Gasteiger partial charge in [0.15, 0.2) is 0 Å². The summed E-state index contributed by atoms with van der Waals surface area (Å²) in [5.74, 6) is -11.7. The van der Waals surface area contributed by atoms with Gasteiger partial charge in [0.25, 0.3) is 0 Å². The molecule has 98 heavy (non-hydrogen) atoms. The smallest absolute Gasteiger partial charge is 0.326 e. The number of nitrogens with one attached hydrogen (secondary N) is 7. The molecular formula is C63H95IN14O20. The lowest BCUT2D eigenvalue weighted by molar-refractivity contribution is -0.145. The van der Waals surface area contributed by atoms with E-state index in [9.17, 15) is 92.7 Å². The number of unbranched alkanes of at least 4 members (excludes halogenated alkanes) is 5. The average molecular weight is 1500 g/mol. The molecule has 1 saturated heterocycles. The molecule has 2 aromatic rings. The largest absolute Gasteiger partial charge is 0.507 e. The monoisotopic (exact) mass is 1490 g/mol. The summed E-state index contributed by atoms with van der Waals surface area (Å²) in [6, 6.07) is 3.51. The SMILES string of the molecule is NC(=O)CN1CCN(CC(N)=O)CCN([C@H](CCC(=O)N[C@H](Cc2ccc(O)c(I)c2)C(=O)N[C@H](Cc2ccccc2)C(=O)N[C@H](CCCCNC(=O)CCCCCCC(=O)NCCCC[C@H](NC(=O)N[C@@H](CCC(=O)O)C(=O)O)C(=O)O)C(=O)O)C(=O)O)CCN(CC(N)=O)CC1. The van der Waals surface area contributed by atoms with Crippen LogP contribution in [0.5, 0.6) is 5.75 Å². The van der Waals surface area contributed by atoms with Gasteiger partial charge in [-0.25, -0.2) is 19.2 Å². The number of hydrogen-bond donors (Lipinski definition) is 16. The summed E-state index contributed by atoms with van der Waals surface area (Å²) < 4.78 is 0.420. The summed E-state index contributed by atoms with van der Waals surface area (Å²) in [5.41, 5.74) is 17.7. The molecule has 0 saturated carbocycles. The number of urea groups is 1. The van der Waals surface area contributed by atoms with Crippen LogP contribution < -0.4 is 54.4 Å². The normalized spacial score (nSPS) is 15.3. The van der Waals surface area contributed by atoms with Gasteiger partial charge in [-0.05, 0) is 110 Å². The molecule has 34 nitrogen and oxygen atoms in total. The highest BCUT2D eigenvalue weighted by molar-refractivity contribution is 14.1. The van der Waals surface area contributed by atoms with Crippen LogP contribution >= 0.6 is 22.6 Å². The second-order valence-electron chi connectivity index (χ2n) is 23.9. The molecule has 1 heterocycles. The van der Waals surface area contributed by atoms with Crippen LogP contribution in [0.25, 0.3) is 0 Å². The number of aliphatic carboxylic acids is 5. The number of carboxylic acids is 5. The molecule has 1 aliphatic heterocycles. The highest BCUT2D eigenvalue weighted by atomic mass is 127. The number of amides is 10. The molecule has 544 valence electrons. The van der Waals surface area contributed by atoms with Crippen LogP contribution in [0, 0.1) is 3.57 Å². The summed E-state index contributed by atoms with van der Waals surface area (Å²) in [7, 11) is 0. The minimum absolute atomic E-state index is 0.0279. The maximum absolute atomic E-state index is 14.5. The number of nitrogens with two attached hydrogens (primary N) is 3. The van der Waals surface area contributed by atoms with Crippen molar-refractivity contribution in [3.63, 3.8) is 0 Å². The number of halogens is 1. The molecule has 0 unspecified atom stereocenters. The van der Waals surface area contributed by atoms with E-state index in [0.29, 0.717) is 53.2 Å². The first-order valence-corrected chi connectivity index (χ1v) is 33.5. The van der Waals surface area contributed by atoms with Gasteiger partial charge < -0.3 is 85.1 Å². The summed E-state index contributed by atoms with van der Waals surface area (Å²) in [4.78, 5) is 182. The lowest BCUT2D eigenvalue weighted by Gasteiger charge is -2.35. The van der Waals surface area contributed by atoms with E-state index in [2.05, 4.69) is 37.2 Å². The van der Waals surface area contributed by atoms with Gasteiger partial charge in [0.1, 0.15) is 42.0 Å². The standard InChI is InChI=1S/C63H95IN14O20/c64-42-34-41(18-21-49(42)79)36-46(70-55(85)22-20-48(62(96)97)78-32-30-76(38-51(66)81)28-26-75(37-50(65)80)27-29-77(31-33-78)39-52(67)82)57(88)72-47(35-40-12-4-3-5-13-40)58(89)71-43(59(90)91)14-8-10-24-68-53(83)16-6-1-2-7-17-54(84)69-25-11-9-15-44(60(92)93)73-63(98)74-45(61(94)95)19-23-56(86)87/h3-5,12-13,18,21,34,43-48,79H,1-2,6-11,14-17,19-20,22-33,35-39H2,(H2,65,80)(H2,66,81)(H2,67,82)(H,68,83)(H,69,84)(H,70,85)(H,71,89)(H,72,88)(H,86,87)(H,90,91)(H,92,93)(H,94,95)(H,96,97)(H2,73,74,98)/t43-,44+,45+,46-,47-,48-/m1/s1. The number of hydrogen-bond acceptors (Lipinski definition) is 19. The lowest BCUT2D eigenvalue weighted by Crippen LogP contribution is -2.57. The molecule has 0 bridgehead atoms. The number of carbonyl (C=O) groups excluding carboxylic acids is 9. The maximum Gasteiger partial charge on any atom is 0.326 e. The number of carboxylic acid groups (broad SMARTS) is 5. The lowest BCUT2D eigenvalue weighted by atomic mass is 10.0. The van der Waals surface area contributed by atoms with Crippen LogP contribution in [0.1, 0.15) is 114 Å². The Morgan fingerprint density at radius 1 is 0.429 bits per heavy atom. The molecule has 35 heteroatoms. The van der Waals surface area contributed by atoms with Crippen LogP contribution in [0.4, 0.5) is 4.79 Å². The van der Waals surface area contributed by atoms with Crippen molar-refractivity contribution in [2.24, 2.45) is 17.2 Å². The molecule has 2 aromatic carbocycles. The maximum atomic E-state index is 14.5. The van der Waals surface area contributed by atoms with Gasteiger partial charge in [0.05, 0.1) is 23.2 Å². The van der Waals surface area contributed by atoms with Crippen LogP contribution in [-0.2, 0) is 75.2 Å². The highest BCUT2D eigenvalue weighted by Crippen LogP contribution is 2.22. The second-order valence-corrected chi connectivity index (χ2v) is 25.0. The fraction of sp³-hybridized carbons (Fsp3) is 0.587. The van der Waals surface area contributed by atoms with E-state index in [4.69, 9.17) is 22.3 Å². The first-order chi connectivity index (χ1) is 46.5. The number of benzene rings is 2. The van der Waals surface area contributed by atoms with E-state index < -0.39 is 127 Å². The van der Waals surface area contributed by atoms with Crippen LogP contribution in [0.3, 0.4) is 0 Å². The van der Waals surface area contributed by atoms with Crippen molar-refractivity contribution < 1.29 is 97.8 Å². The van der Waals surface area contributed by atoms with E-state index in [1.807, 2.05) is 22.6 Å². The number of carbonyl (C=O) groups is 14. The minimum Gasteiger partial charge on any atom is -0.507 e. The third-order valence-electron chi connectivity index (χ3n) is 15.9. The first-order valence-electron chi connectivity index (χ1n) is 32.4. The third kappa shape index (κ3) is 35.4. The Morgan fingerprint density at radius 2 is 0.857 bits per heavy atom. The summed E-state index contributed by atoms with van der Waals surface area (Å²) in [5, 5.41) is 76.5. The quantitative estimate of drug-likeness (QED) is 0.0257. The minimum atomic E-state index is -1.54. The Hall–Kier alpha value is -8.81. The molecule has 6 atom stereocenters. The zero-order valence-corrected chi connectivity index (χ0v) is 57.0. The van der Waals surface area contributed by atoms with Crippen molar-refractivity contribution in [1.82, 2.24) is 56.8 Å². The zero-order chi connectivity index (χ0) is 72.7. The van der Waals surface area contributed by atoms with Crippen molar-refractivity contribution in [1.29, 1.82) is 0 Å². The molecule has 0 radical (unpaired) electrons. The van der Waals surface area contributed by atoms with Crippen molar-refractivity contribution >= 4 is 106 Å². The Morgan fingerprint density at radius 3 is 1.30 bits per heavy atom. The van der Waals surface area contributed by atoms with Crippen molar-refractivity contribution in [2.75, 3.05) is 85.1 Å². The number of nitrogens with zero attached hydrogens (tertiary/aromatic N) is 4. The molecule has 3 rings (SSSR count). The molecule has 0 aliphatic carbocycles. The first kappa shape index (κ1) is 83.4. The molecular weight excluding hydrogens is 1400 g/mol. The van der Waals surface area contributed by atoms with Crippen LogP contribution in [0.2, 0.25) is 0 Å². The summed E-state index contributed by atoms with van der Waals surface area (Å²) in [6.07, 6.45) is 1.99. The molecule has 0 spiro atoms. The fourth-order valence-electron chi connectivity index (χ4n) is 10.6. The highest BCUT2D eigenvalue weighted by Gasteiger charge is 2.33. The van der Waals surface area contributed by atoms with Gasteiger partial charge in [-0.15, -0.1) is 0 Å². The molecule has 19 N–H and O–H groups in total. The van der Waals surface area contributed by atoms with Gasteiger partial charge in [-0.3, -0.25) is 67.5 Å². The molecule has 1 aliphatic rings. The summed E-state index contributed by atoms with van der Waals surface area (Å²) in [6.45, 7) is 1.31. The number of primary amides is 3. The molecule has 10 amide bonds. The Labute approximate surface area is 580 Å². The second kappa shape index (κ2) is 45.6. The van der Waals surface area contributed by atoms with E-state index in [0.717, 1.165) is 0 Å². The van der Waals surface area contributed by atoms with E-state index in [-0.39, 0.29) is 160 Å². The van der Waals surface area contributed by atoms with E-state index in [1.165, 1.54) is 12.1 Å². The number of aromatic hydroxyl groups is 1. The van der Waals surface area contributed by atoms with Crippen molar-refractivity contribution in [2.45, 2.75) is 152 Å². The van der Waals surface area contributed by atoms with Crippen molar-refractivity contribution in [3.8, 4) is 5.75 Å². The topological polar surface area (TPSA) is 536 Å². The molecule has 1 fully saturated rings. The summed E-state index contributed by atoms with van der Waals surface area (Å²) >= 11 is 1.89. The average Bonchev–Trinajstić information content (AvgIpc) is 0.864. The Bertz CT molecular complexity index is 2970. The fourth-order valence-corrected chi connectivity index (χ4v) is 11.2. The predicted octanol–water partition coefficient (Wildman–Crippen LogP) is -1.78. The number of phenolic OH excluding ortho intramolecular Hbond substituents is 1. The van der Waals surface area contributed by atoms with Crippen molar-refractivity contribution in [3.05, 3.63) is 63.2 Å². The van der Waals surface area contributed by atoms with Gasteiger partial charge >= 0.3 is 35.9 Å². The number of phenols is 1. The third-order valence-corrected chi connectivity index (χ3v) is 16.8. The zero-order valence-electron chi connectivity index (χ0n) is 54.8. The van der Waals surface area contributed by atoms with Gasteiger partial charge in [-0.2, -0.15) is 0 Å². The van der Waals surface area contributed by atoms with Gasteiger partial charge in [0, 0.05) is 104 Å². The Balaban J connectivity index is 1.58. The van der Waals surface area contributed by atoms with Crippen LogP contribution in [-0.4, -0.2) is 255 Å². The van der Waals surface area contributed by atoms with Gasteiger partial charge in [-0.1, -0.05) is 49.2 Å². The predicted molar refractivity (Wildman–Crippen MR) is 360 cm³/mol. The Kier molecular flexibility index (Phi) is 38.9.